The first-order valence-electron chi connectivity index (χ1n) is 7.79. The van der Waals surface area contributed by atoms with E-state index in [1.165, 1.54) is 6.42 Å². The van der Waals surface area contributed by atoms with E-state index in [9.17, 15) is 0 Å². The summed E-state index contributed by atoms with van der Waals surface area (Å²) in [5, 5.41) is 4.52. The van der Waals surface area contributed by atoms with Crippen LogP contribution in [0.3, 0.4) is 0 Å². The van der Waals surface area contributed by atoms with Gasteiger partial charge in [-0.1, -0.05) is 43.3 Å². The van der Waals surface area contributed by atoms with E-state index in [4.69, 9.17) is 4.74 Å². The molecule has 0 bridgehead atoms. The Hall–Kier alpha value is -1.46. The van der Waals surface area contributed by atoms with Gasteiger partial charge in [0.15, 0.2) is 12.1 Å². The maximum Gasteiger partial charge on any atom is 0.217 e. The Balaban J connectivity index is 2.03. The van der Waals surface area contributed by atoms with Crippen LogP contribution in [-0.4, -0.2) is 21.4 Å². The van der Waals surface area contributed by atoms with E-state index in [-0.39, 0.29) is 6.23 Å². The van der Waals surface area contributed by atoms with Crippen molar-refractivity contribution in [3.05, 3.63) is 52.5 Å². The average molecular weight is 362 g/mol. The highest BCUT2D eigenvalue weighted by Gasteiger charge is 2.23. The van der Waals surface area contributed by atoms with Crippen LogP contribution in [0.25, 0.3) is 5.57 Å². The highest BCUT2D eigenvalue weighted by atomic mass is 79.9. The number of nitrogens with zero attached hydrogens (tertiary/aromatic N) is 3. The maximum absolute atomic E-state index is 5.89. The molecule has 4 nitrogen and oxygen atoms in total. The fourth-order valence-corrected chi connectivity index (χ4v) is 3.10. The first kappa shape index (κ1) is 15.4. The van der Waals surface area contributed by atoms with Gasteiger partial charge in [0.1, 0.15) is 0 Å². The Morgan fingerprint density at radius 1 is 1.36 bits per heavy atom. The van der Waals surface area contributed by atoms with E-state index < -0.39 is 0 Å². The summed E-state index contributed by atoms with van der Waals surface area (Å²) in [6, 6.07) is 10.3. The molecule has 116 valence electrons. The number of benzene rings is 1. The van der Waals surface area contributed by atoms with Crippen molar-refractivity contribution in [1.29, 1.82) is 0 Å². The van der Waals surface area contributed by atoms with Gasteiger partial charge in [0.25, 0.3) is 0 Å². The van der Waals surface area contributed by atoms with Crippen molar-refractivity contribution < 1.29 is 4.74 Å². The highest BCUT2D eigenvalue weighted by molar-refractivity contribution is 9.10. The first-order valence-corrected chi connectivity index (χ1v) is 8.58. The van der Waals surface area contributed by atoms with Crippen LogP contribution in [0, 0.1) is 0 Å². The van der Waals surface area contributed by atoms with E-state index in [1.807, 2.05) is 22.9 Å². The molecule has 2 aromatic rings. The molecule has 0 saturated carbocycles. The van der Waals surface area contributed by atoms with Crippen molar-refractivity contribution in [2.45, 2.75) is 38.8 Å². The average Bonchev–Trinajstić information content (AvgIpc) is 2.96. The lowest BCUT2D eigenvalue weighted by Crippen LogP contribution is -2.21. The molecule has 1 aromatic carbocycles. The lowest BCUT2D eigenvalue weighted by Gasteiger charge is -2.24. The molecule has 1 aliphatic rings. The number of allylic oxidation sites excluding steroid dienone is 1. The van der Waals surface area contributed by atoms with Gasteiger partial charge in [0, 0.05) is 12.2 Å². The third kappa shape index (κ3) is 3.31. The molecule has 0 N–H and O–H groups in total. The van der Waals surface area contributed by atoms with Crippen LogP contribution in [0.15, 0.2) is 41.1 Å². The van der Waals surface area contributed by atoms with Gasteiger partial charge >= 0.3 is 0 Å². The molecule has 0 radical (unpaired) electrons. The summed E-state index contributed by atoms with van der Waals surface area (Å²) in [4.78, 5) is 4.60. The molecular weight excluding hydrogens is 342 g/mol. The fraction of sp³-hybridized carbons (Fsp3) is 0.412. The van der Waals surface area contributed by atoms with Gasteiger partial charge in [-0.3, -0.25) is 0 Å². The van der Waals surface area contributed by atoms with E-state index in [2.05, 4.69) is 51.1 Å². The smallest absolute Gasteiger partial charge is 0.217 e. The molecule has 1 aromatic heterocycles. The van der Waals surface area contributed by atoms with Crippen LogP contribution >= 0.6 is 15.9 Å². The molecular formula is C17H20BrN3O. The zero-order valence-corrected chi connectivity index (χ0v) is 14.3. The number of hydrogen-bond acceptors (Lipinski definition) is 3. The molecule has 22 heavy (non-hydrogen) atoms. The van der Waals surface area contributed by atoms with Gasteiger partial charge in [0.05, 0.1) is 0 Å². The molecule has 1 atom stereocenters. The zero-order valence-electron chi connectivity index (χ0n) is 12.7. The van der Waals surface area contributed by atoms with Gasteiger partial charge in [-0.05, 0) is 47.2 Å². The summed E-state index contributed by atoms with van der Waals surface area (Å²) >= 11 is 3.42. The highest BCUT2D eigenvalue weighted by Crippen LogP contribution is 2.29. The summed E-state index contributed by atoms with van der Waals surface area (Å²) in [5.74, 6) is 0.867. The summed E-state index contributed by atoms with van der Waals surface area (Å²) in [6.07, 6.45) is 6.40. The molecule has 0 amide bonds. The number of hydrogen-bond donors (Lipinski definition) is 0. The van der Waals surface area contributed by atoms with Gasteiger partial charge in [-0.15, -0.1) is 5.10 Å². The Morgan fingerprint density at radius 3 is 2.86 bits per heavy atom. The first-order chi connectivity index (χ1) is 10.8. The summed E-state index contributed by atoms with van der Waals surface area (Å²) in [7, 11) is 0. The third-order valence-electron chi connectivity index (χ3n) is 3.77. The van der Waals surface area contributed by atoms with Crippen LogP contribution in [0.4, 0.5) is 0 Å². The predicted molar refractivity (Wildman–Crippen MR) is 90.4 cm³/mol. The van der Waals surface area contributed by atoms with E-state index in [0.29, 0.717) is 4.73 Å². The second-order valence-corrected chi connectivity index (χ2v) is 6.07. The SMILES string of the molecule is CC/C=C(/c1ccccc1)c1nc(Br)nn1C1CCCCO1. The van der Waals surface area contributed by atoms with E-state index in [0.717, 1.165) is 42.8 Å². The van der Waals surface area contributed by atoms with Crippen LogP contribution in [-0.2, 0) is 4.74 Å². The molecule has 1 fully saturated rings. The molecule has 3 rings (SSSR count). The number of rotatable bonds is 4. The van der Waals surface area contributed by atoms with Crippen molar-refractivity contribution >= 4 is 21.5 Å². The summed E-state index contributed by atoms with van der Waals surface area (Å²) in [5.41, 5.74) is 2.26. The number of ether oxygens (including phenoxy) is 1. The molecule has 0 spiro atoms. The van der Waals surface area contributed by atoms with Gasteiger partial charge in [0.2, 0.25) is 4.73 Å². The standard InChI is InChI=1S/C17H20BrN3O/c1-2-8-14(13-9-4-3-5-10-13)16-19-17(18)20-21(16)15-11-6-7-12-22-15/h3-5,8-10,15H,2,6-7,11-12H2,1H3/b14-8-. The Bertz CT molecular complexity index is 645. The molecule has 1 unspecified atom stereocenters. The largest absolute Gasteiger partial charge is 0.356 e. The minimum Gasteiger partial charge on any atom is -0.356 e. The van der Waals surface area contributed by atoms with Gasteiger partial charge in [-0.25, -0.2) is 9.67 Å². The van der Waals surface area contributed by atoms with Crippen molar-refractivity contribution in [3.63, 3.8) is 0 Å². The summed E-state index contributed by atoms with van der Waals surface area (Å²) < 4.78 is 8.43. The van der Waals surface area contributed by atoms with Crippen molar-refractivity contribution in [1.82, 2.24) is 14.8 Å². The molecule has 1 aliphatic heterocycles. The van der Waals surface area contributed by atoms with Crippen molar-refractivity contribution in [3.8, 4) is 0 Å². The van der Waals surface area contributed by atoms with Crippen LogP contribution in [0.2, 0.25) is 0 Å². The van der Waals surface area contributed by atoms with E-state index >= 15 is 0 Å². The topological polar surface area (TPSA) is 39.9 Å². The zero-order chi connectivity index (χ0) is 15.4. The minimum atomic E-state index is -0.0217. The molecule has 1 saturated heterocycles. The maximum atomic E-state index is 5.89. The lowest BCUT2D eigenvalue weighted by molar-refractivity contribution is -0.0403. The molecule has 5 heteroatoms. The van der Waals surface area contributed by atoms with Gasteiger partial charge < -0.3 is 4.74 Å². The third-order valence-corrected chi connectivity index (χ3v) is 4.10. The second kappa shape index (κ2) is 7.20. The number of halogens is 1. The second-order valence-electron chi connectivity index (χ2n) is 5.36. The monoisotopic (exact) mass is 361 g/mol. The molecule has 0 aliphatic carbocycles. The minimum absolute atomic E-state index is 0.0217. The Morgan fingerprint density at radius 2 is 2.18 bits per heavy atom. The summed E-state index contributed by atoms with van der Waals surface area (Å²) in [6.45, 7) is 2.93. The normalized spacial score (nSPS) is 19.4. The van der Waals surface area contributed by atoms with Crippen LogP contribution in [0.1, 0.15) is 50.2 Å². The number of aromatic nitrogens is 3. The molecule has 2 heterocycles. The van der Waals surface area contributed by atoms with E-state index in [1.54, 1.807) is 0 Å². The Labute approximate surface area is 139 Å². The lowest BCUT2D eigenvalue weighted by atomic mass is 10.0. The predicted octanol–water partition coefficient (Wildman–Crippen LogP) is 4.58. The van der Waals surface area contributed by atoms with Crippen molar-refractivity contribution in [2.75, 3.05) is 6.61 Å². The van der Waals surface area contributed by atoms with Gasteiger partial charge in [-0.2, -0.15) is 0 Å². The quantitative estimate of drug-likeness (QED) is 0.799. The van der Waals surface area contributed by atoms with Crippen molar-refractivity contribution in [2.24, 2.45) is 0 Å². The van der Waals surface area contributed by atoms with Crippen LogP contribution in [0.5, 0.6) is 0 Å². The fourth-order valence-electron chi connectivity index (χ4n) is 2.76. The Kier molecular flexibility index (Phi) is 5.05. The van der Waals surface area contributed by atoms with Crippen LogP contribution < -0.4 is 0 Å².